The highest BCUT2D eigenvalue weighted by Gasteiger charge is 2.46. The zero-order valence-electron chi connectivity index (χ0n) is 12.7. The molecule has 2 rings (SSSR count). The molecule has 1 saturated heterocycles. The summed E-state index contributed by atoms with van der Waals surface area (Å²) in [6.45, 7) is 7.41. The Balaban J connectivity index is 2.51. The molecule has 6 nitrogen and oxygen atoms in total. The number of carbonyl (C=O) groups excluding carboxylic acids is 2. The summed E-state index contributed by atoms with van der Waals surface area (Å²) in [5, 5.41) is 7.19. The van der Waals surface area contributed by atoms with Gasteiger partial charge < -0.3 is 5.32 Å². The van der Waals surface area contributed by atoms with Crippen molar-refractivity contribution in [2.24, 2.45) is 7.05 Å². The molecule has 110 valence electrons. The predicted octanol–water partition coefficient (Wildman–Crippen LogP) is 1.00. The van der Waals surface area contributed by atoms with Gasteiger partial charge in [0.05, 0.1) is 11.4 Å². The lowest BCUT2D eigenvalue weighted by Crippen LogP contribution is -2.68. The quantitative estimate of drug-likeness (QED) is 0.897. The molecule has 6 heteroatoms. The van der Waals surface area contributed by atoms with Gasteiger partial charge in [-0.2, -0.15) is 5.10 Å². The summed E-state index contributed by atoms with van der Waals surface area (Å²) in [7, 11) is 1.82. The molecule has 1 N–H and O–H groups in total. The molecule has 1 aliphatic heterocycles. The summed E-state index contributed by atoms with van der Waals surface area (Å²) in [4.78, 5) is 26.5. The van der Waals surface area contributed by atoms with Crippen LogP contribution in [0.4, 0.5) is 5.69 Å². The van der Waals surface area contributed by atoms with Crippen molar-refractivity contribution >= 4 is 17.5 Å². The second kappa shape index (κ2) is 4.92. The van der Waals surface area contributed by atoms with Gasteiger partial charge in [0.25, 0.3) is 5.91 Å². The van der Waals surface area contributed by atoms with E-state index in [1.165, 1.54) is 0 Å². The highest BCUT2D eigenvalue weighted by Crippen LogP contribution is 2.29. The van der Waals surface area contributed by atoms with E-state index < -0.39 is 11.6 Å². The van der Waals surface area contributed by atoms with Gasteiger partial charge in [-0.1, -0.05) is 13.8 Å². The van der Waals surface area contributed by atoms with Crippen LogP contribution in [0.15, 0.2) is 6.20 Å². The van der Waals surface area contributed by atoms with Crippen LogP contribution in [0, 0.1) is 0 Å². The van der Waals surface area contributed by atoms with E-state index in [9.17, 15) is 9.59 Å². The number of nitrogens with zero attached hydrogens (tertiary/aromatic N) is 3. The van der Waals surface area contributed by atoms with Gasteiger partial charge in [-0.15, -0.1) is 0 Å². The lowest BCUT2D eigenvalue weighted by Gasteiger charge is -2.42. The van der Waals surface area contributed by atoms with Crippen LogP contribution in [0.1, 0.15) is 39.8 Å². The van der Waals surface area contributed by atoms with E-state index in [0.29, 0.717) is 6.42 Å². The Morgan fingerprint density at radius 3 is 2.60 bits per heavy atom. The lowest BCUT2D eigenvalue weighted by molar-refractivity contribution is -0.137. The monoisotopic (exact) mass is 278 g/mol. The fourth-order valence-electron chi connectivity index (χ4n) is 2.52. The van der Waals surface area contributed by atoms with Crippen LogP contribution in [-0.4, -0.2) is 33.2 Å². The summed E-state index contributed by atoms with van der Waals surface area (Å²) < 4.78 is 1.68. The Morgan fingerprint density at radius 1 is 1.40 bits per heavy atom. The number of anilines is 1. The number of hydrogen-bond acceptors (Lipinski definition) is 3. The molecule has 2 heterocycles. The van der Waals surface area contributed by atoms with Gasteiger partial charge in [-0.3, -0.25) is 19.2 Å². The van der Waals surface area contributed by atoms with Crippen molar-refractivity contribution in [1.29, 1.82) is 0 Å². The van der Waals surface area contributed by atoms with E-state index >= 15 is 0 Å². The number of nitrogens with one attached hydrogen (secondary N) is 1. The Hall–Kier alpha value is -1.85. The van der Waals surface area contributed by atoms with Crippen LogP contribution in [0.25, 0.3) is 0 Å². The Kier molecular flexibility index (Phi) is 3.58. The van der Waals surface area contributed by atoms with Gasteiger partial charge in [0.1, 0.15) is 11.6 Å². The molecule has 0 radical (unpaired) electrons. The topological polar surface area (TPSA) is 67.2 Å². The standard InChI is InChI=1S/C14H22N4O2/c1-6-10-11(8-17(5)16-10)18-9(3)12(19)15-14(4,7-2)13(18)20/h8-9H,6-7H2,1-5H3,(H,15,19). The maximum atomic E-state index is 12.8. The first-order valence-corrected chi connectivity index (χ1v) is 7.02. The minimum absolute atomic E-state index is 0.0743. The Labute approximate surface area is 119 Å². The molecular weight excluding hydrogens is 256 g/mol. The van der Waals surface area contributed by atoms with Gasteiger partial charge in [0.15, 0.2) is 0 Å². The number of amides is 2. The number of rotatable bonds is 3. The molecule has 2 atom stereocenters. The van der Waals surface area contributed by atoms with E-state index in [-0.39, 0.29) is 11.8 Å². The van der Waals surface area contributed by atoms with Crippen LogP contribution >= 0.6 is 0 Å². The lowest BCUT2D eigenvalue weighted by atomic mass is 9.91. The van der Waals surface area contributed by atoms with E-state index in [1.807, 2.05) is 27.1 Å². The largest absolute Gasteiger partial charge is 0.340 e. The molecule has 0 bridgehead atoms. The molecule has 2 amide bonds. The smallest absolute Gasteiger partial charge is 0.253 e. The van der Waals surface area contributed by atoms with E-state index in [2.05, 4.69) is 10.4 Å². The van der Waals surface area contributed by atoms with Gasteiger partial charge in [-0.05, 0) is 26.7 Å². The molecule has 1 aliphatic rings. The third-order valence-corrected chi connectivity index (χ3v) is 4.04. The van der Waals surface area contributed by atoms with Crippen LogP contribution in [-0.2, 0) is 23.1 Å². The van der Waals surface area contributed by atoms with Crippen molar-refractivity contribution in [2.75, 3.05) is 4.90 Å². The van der Waals surface area contributed by atoms with Gasteiger partial charge in [-0.25, -0.2) is 0 Å². The van der Waals surface area contributed by atoms with Gasteiger partial charge in [0, 0.05) is 13.2 Å². The summed E-state index contributed by atoms with van der Waals surface area (Å²) in [5.74, 6) is -0.199. The van der Waals surface area contributed by atoms with Crippen LogP contribution in [0.3, 0.4) is 0 Å². The number of carbonyl (C=O) groups is 2. The molecule has 0 aromatic carbocycles. The van der Waals surface area contributed by atoms with Crippen molar-refractivity contribution in [1.82, 2.24) is 15.1 Å². The van der Waals surface area contributed by atoms with Gasteiger partial charge in [0.2, 0.25) is 5.91 Å². The fourth-order valence-corrected chi connectivity index (χ4v) is 2.52. The summed E-state index contributed by atoms with van der Waals surface area (Å²) in [5.41, 5.74) is 0.729. The molecule has 0 saturated carbocycles. The highest BCUT2D eigenvalue weighted by molar-refractivity contribution is 6.10. The minimum atomic E-state index is -0.843. The van der Waals surface area contributed by atoms with Gasteiger partial charge >= 0.3 is 0 Å². The van der Waals surface area contributed by atoms with Crippen LogP contribution < -0.4 is 10.2 Å². The molecule has 1 aromatic rings. The van der Waals surface area contributed by atoms with E-state index in [4.69, 9.17) is 0 Å². The Morgan fingerprint density at radius 2 is 2.05 bits per heavy atom. The summed E-state index contributed by atoms with van der Waals surface area (Å²) in [6.07, 6.45) is 3.08. The molecule has 2 unspecified atom stereocenters. The van der Waals surface area contributed by atoms with Crippen molar-refractivity contribution in [3.05, 3.63) is 11.9 Å². The molecule has 20 heavy (non-hydrogen) atoms. The van der Waals surface area contributed by atoms with Crippen molar-refractivity contribution < 1.29 is 9.59 Å². The SMILES string of the molecule is CCc1nn(C)cc1N1C(=O)C(C)(CC)NC(=O)C1C. The third-order valence-electron chi connectivity index (χ3n) is 4.04. The van der Waals surface area contributed by atoms with Crippen LogP contribution in [0.2, 0.25) is 0 Å². The maximum absolute atomic E-state index is 12.8. The zero-order chi connectivity index (χ0) is 15.1. The molecule has 1 aromatic heterocycles. The average molecular weight is 278 g/mol. The summed E-state index contributed by atoms with van der Waals surface area (Å²) >= 11 is 0. The molecule has 1 fully saturated rings. The maximum Gasteiger partial charge on any atom is 0.253 e. The van der Waals surface area contributed by atoms with Crippen molar-refractivity contribution in [3.8, 4) is 0 Å². The highest BCUT2D eigenvalue weighted by atomic mass is 16.2. The Bertz CT molecular complexity index is 551. The number of piperazine rings is 1. The predicted molar refractivity (Wildman–Crippen MR) is 76.4 cm³/mol. The number of aromatic nitrogens is 2. The van der Waals surface area contributed by atoms with Crippen molar-refractivity contribution in [2.45, 2.75) is 52.1 Å². The zero-order valence-corrected chi connectivity index (χ0v) is 12.7. The molecular formula is C14H22N4O2. The molecule has 0 aliphatic carbocycles. The van der Waals surface area contributed by atoms with Crippen LogP contribution in [0.5, 0.6) is 0 Å². The minimum Gasteiger partial charge on any atom is -0.340 e. The molecule has 0 spiro atoms. The normalized spacial score (nSPS) is 26.9. The van der Waals surface area contributed by atoms with E-state index in [1.54, 1.807) is 23.4 Å². The summed E-state index contributed by atoms with van der Waals surface area (Å²) in [6, 6.07) is -0.517. The second-order valence-electron chi connectivity index (χ2n) is 5.51. The first kappa shape index (κ1) is 14.6. The van der Waals surface area contributed by atoms with Crippen molar-refractivity contribution in [3.63, 3.8) is 0 Å². The second-order valence-corrected chi connectivity index (χ2v) is 5.51. The number of hydrogen-bond donors (Lipinski definition) is 1. The number of aryl methyl sites for hydroxylation is 2. The average Bonchev–Trinajstić information content (AvgIpc) is 2.78. The van der Waals surface area contributed by atoms with E-state index in [0.717, 1.165) is 17.8 Å². The fraction of sp³-hybridized carbons (Fsp3) is 0.643. The third kappa shape index (κ3) is 2.09. The first-order valence-electron chi connectivity index (χ1n) is 7.02. The first-order chi connectivity index (χ1) is 9.34.